The highest BCUT2D eigenvalue weighted by Gasteiger charge is 2.29. The van der Waals surface area contributed by atoms with Gasteiger partial charge in [0.25, 0.3) is 0 Å². The Labute approximate surface area is 176 Å². The number of hydrogen-bond acceptors (Lipinski definition) is 4. The Balaban J connectivity index is 1.22. The topological polar surface area (TPSA) is 22.6 Å². The average molecular weight is 393 g/mol. The highest BCUT2D eigenvalue weighted by atomic mass is 15.2. The highest BCUT2D eigenvalue weighted by molar-refractivity contribution is 5.15. The summed E-state index contributed by atoms with van der Waals surface area (Å²) in [5.74, 6) is 0. The van der Waals surface area contributed by atoms with E-state index in [0.29, 0.717) is 0 Å². The summed E-state index contributed by atoms with van der Waals surface area (Å²) >= 11 is 0. The second kappa shape index (κ2) is 10.3. The standard InChI is InChI=1S/C25H36N4/c1-27(24-12-17-29(18-13-24)20-23-9-5-14-26-19-23)25-10-6-15-28(21-25)16-11-22-7-3-2-4-8-22/h2-5,7-9,14,19,24-25H,6,10-13,15-18,20-21H2,1H3. The molecule has 3 heterocycles. The van der Waals surface area contributed by atoms with Crippen molar-refractivity contribution in [3.63, 3.8) is 0 Å². The van der Waals surface area contributed by atoms with Gasteiger partial charge < -0.3 is 4.90 Å². The van der Waals surface area contributed by atoms with E-state index in [-0.39, 0.29) is 0 Å². The van der Waals surface area contributed by atoms with Gasteiger partial charge in [-0.25, -0.2) is 0 Å². The summed E-state index contributed by atoms with van der Waals surface area (Å²) in [7, 11) is 2.38. The smallest absolute Gasteiger partial charge is 0.0312 e. The van der Waals surface area contributed by atoms with Crippen LogP contribution in [-0.4, -0.2) is 71.5 Å². The summed E-state index contributed by atoms with van der Waals surface area (Å²) in [6.45, 7) is 7.14. The summed E-state index contributed by atoms with van der Waals surface area (Å²) in [6, 6.07) is 16.6. The van der Waals surface area contributed by atoms with Gasteiger partial charge in [0, 0.05) is 44.1 Å². The van der Waals surface area contributed by atoms with Crippen LogP contribution in [0.3, 0.4) is 0 Å². The van der Waals surface area contributed by atoms with Crippen LogP contribution in [-0.2, 0) is 13.0 Å². The zero-order valence-electron chi connectivity index (χ0n) is 17.9. The first-order valence-corrected chi connectivity index (χ1v) is 11.4. The van der Waals surface area contributed by atoms with Gasteiger partial charge in [-0.15, -0.1) is 0 Å². The molecule has 29 heavy (non-hydrogen) atoms. The summed E-state index contributed by atoms with van der Waals surface area (Å²) in [5.41, 5.74) is 2.80. The minimum Gasteiger partial charge on any atom is -0.301 e. The van der Waals surface area contributed by atoms with Crippen molar-refractivity contribution in [2.75, 3.05) is 39.8 Å². The van der Waals surface area contributed by atoms with Crippen molar-refractivity contribution < 1.29 is 0 Å². The van der Waals surface area contributed by atoms with Crippen LogP contribution in [0, 0.1) is 0 Å². The number of nitrogens with zero attached hydrogens (tertiary/aromatic N) is 4. The fourth-order valence-electron chi connectivity index (χ4n) is 5.03. The van der Waals surface area contributed by atoms with Gasteiger partial charge in [0.1, 0.15) is 0 Å². The third-order valence-corrected chi connectivity index (χ3v) is 6.88. The van der Waals surface area contributed by atoms with E-state index in [4.69, 9.17) is 0 Å². The molecule has 0 amide bonds. The Hall–Kier alpha value is -1.75. The Kier molecular flexibility index (Phi) is 7.31. The maximum atomic E-state index is 4.26. The van der Waals surface area contributed by atoms with Gasteiger partial charge in [0.2, 0.25) is 0 Å². The van der Waals surface area contributed by atoms with Gasteiger partial charge >= 0.3 is 0 Å². The van der Waals surface area contributed by atoms with E-state index in [1.165, 1.54) is 76.0 Å². The van der Waals surface area contributed by atoms with E-state index in [2.05, 4.69) is 63.1 Å². The third-order valence-electron chi connectivity index (χ3n) is 6.88. The quantitative estimate of drug-likeness (QED) is 0.717. The van der Waals surface area contributed by atoms with Crippen LogP contribution >= 0.6 is 0 Å². The zero-order chi connectivity index (χ0) is 19.9. The number of aromatic nitrogens is 1. The number of piperidine rings is 2. The summed E-state index contributed by atoms with van der Waals surface area (Å²) in [5, 5.41) is 0. The van der Waals surface area contributed by atoms with E-state index >= 15 is 0 Å². The lowest BCUT2D eigenvalue weighted by molar-refractivity contribution is 0.0528. The van der Waals surface area contributed by atoms with E-state index in [0.717, 1.165) is 18.6 Å². The molecule has 4 heteroatoms. The van der Waals surface area contributed by atoms with E-state index in [9.17, 15) is 0 Å². The molecule has 1 aromatic carbocycles. The molecule has 0 aliphatic carbocycles. The molecule has 2 aliphatic heterocycles. The maximum Gasteiger partial charge on any atom is 0.0312 e. The molecule has 0 bridgehead atoms. The normalized spacial score (nSPS) is 22.2. The molecular weight excluding hydrogens is 356 g/mol. The Morgan fingerprint density at radius 2 is 1.69 bits per heavy atom. The van der Waals surface area contributed by atoms with Gasteiger partial charge in [0.05, 0.1) is 0 Å². The van der Waals surface area contributed by atoms with Crippen LogP contribution in [0.4, 0.5) is 0 Å². The minimum absolute atomic E-state index is 0.717. The van der Waals surface area contributed by atoms with Gasteiger partial charge in [-0.2, -0.15) is 0 Å². The number of likely N-dealkylation sites (tertiary alicyclic amines) is 2. The Morgan fingerprint density at radius 3 is 2.45 bits per heavy atom. The van der Waals surface area contributed by atoms with Crippen molar-refractivity contribution in [2.24, 2.45) is 0 Å². The van der Waals surface area contributed by atoms with Gasteiger partial charge in [-0.05, 0) is 76.0 Å². The SMILES string of the molecule is CN(C1CCN(Cc2cccnc2)CC1)C1CCCN(CCc2ccccc2)C1. The summed E-state index contributed by atoms with van der Waals surface area (Å²) in [6.07, 6.45) is 10.3. The molecule has 2 saturated heterocycles. The largest absolute Gasteiger partial charge is 0.301 e. The predicted molar refractivity (Wildman–Crippen MR) is 120 cm³/mol. The molecule has 1 atom stereocenters. The molecule has 2 aliphatic rings. The molecule has 2 fully saturated rings. The lowest BCUT2D eigenvalue weighted by atomic mass is 9.97. The lowest BCUT2D eigenvalue weighted by Crippen LogP contribution is -2.52. The Morgan fingerprint density at radius 1 is 0.897 bits per heavy atom. The molecule has 4 rings (SSSR count). The molecule has 0 spiro atoms. The zero-order valence-corrected chi connectivity index (χ0v) is 17.9. The molecule has 156 valence electrons. The molecule has 2 aromatic rings. The molecule has 0 saturated carbocycles. The first kappa shape index (κ1) is 20.5. The first-order chi connectivity index (χ1) is 14.3. The molecular formula is C25H36N4. The average Bonchev–Trinajstić information content (AvgIpc) is 2.79. The second-order valence-electron chi connectivity index (χ2n) is 8.87. The van der Waals surface area contributed by atoms with Crippen LogP contribution in [0.1, 0.15) is 36.8 Å². The number of hydrogen-bond donors (Lipinski definition) is 0. The fourth-order valence-corrected chi connectivity index (χ4v) is 5.03. The van der Waals surface area contributed by atoms with Crippen LogP contribution in [0.25, 0.3) is 0 Å². The van der Waals surface area contributed by atoms with Crippen LogP contribution < -0.4 is 0 Å². The fraction of sp³-hybridized carbons (Fsp3) is 0.560. The number of pyridine rings is 1. The van der Waals surface area contributed by atoms with Gasteiger partial charge in [-0.1, -0.05) is 36.4 Å². The van der Waals surface area contributed by atoms with Crippen molar-refractivity contribution >= 4 is 0 Å². The van der Waals surface area contributed by atoms with Crippen molar-refractivity contribution in [3.8, 4) is 0 Å². The van der Waals surface area contributed by atoms with Gasteiger partial charge in [0.15, 0.2) is 0 Å². The van der Waals surface area contributed by atoms with Crippen molar-refractivity contribution in [3.05, 3.63) is 66.0 Å². The summed E-state index contributed by atoms with van der Waals surface area (Å²) in [4.78, 5) is 12.3. The molecule has 1 unspecified atom stereocenters. The number of benzene rings is 1. The van der Waals surface area contributed by atoms with E-state index in [1.807, 2.05) is 18.5 Å². The Bertz CT molecular complexity index is 712. The predicted octanol–water partition coefficient (Wildman–Crippen LogP) is 3.68. The van der Waals surface area contributed by atoms with Crippen molar-refractivity contribution in [2.45, 2.75) is 50.7 Å². The van der Waals surface area contributed by atoms with Crippen molar-refractivity contribution in [1.82, 2.24) is 19.7 Å². The van der Waals surface area contributed by atoms with E-state index in [1.54, 1.807) is 0 Å². The lowest BCUT2D eigenvalue weighted by Gasteiger charge is -2.44. The first-order valence-electron chi connectivity index (χ1n) is 11.4. The monoisotopic (exact) mass is 392 g/mol. The highest BCUT2D eigenvalue weighted by Crippen LogP contribution is 2.23. The van der Waals surface area contributed by atoms with Crippen LogP contribution in [0.5, 0.6) is 0 Å². The molecule has 0 N–H and O–H groups in total. The number of likely N-dealkylation sites (N-methyl/N-ethyl adjacent to an activating group) is 1. The van der Waals surface area contributed by atoms with Crippen LogP contribution in [0.15, 0.2) is 54.9 Å². The summed E-state index contributed by atoms with van der Waals surface area (Å²) < 4.78 is 0. The maximum absolute atomic E-state index is 4.26. The minimum atomic E-state index is 0.717. The third kappa shape index (κ3) is 5.88. The number of rotatable bonds is 7. The molecule has 0 radical (unpaired) electrons. The second-order valence-corrected chi connectivity index (χ2v) is 8.87. The van der Waals surface area contributed by atoms with Crippen LogP contribution in [0.2, 0.25) is 0 Å². The van der Waals surface area contributed by atoms with Gasteiger partial charge in [-0.3, -0.25) is 14.8 Å². The van der Waals surface area contributed by atoms with E-state index < -0.39 is 0 Å². The molecule has 1 aromatic heterocycles. The molecule has 4 nitrogen and oxygen atoms in total. The van der Waals surface area contributed by atoms with Crippen molar-refractivity contribution in [1.29, 1.82) is 0 Å².